The van der Waals surface area contributed by atoms with Gasteiger partial charge in [0.05, 0.1) is 16.6 Å². The van der Waals surface area contributed by atoms with Gasteiger partial charge in [0.2, 0.25) is 0 Å². The van der Waals surface area contributed by atoms with Crippen LogP contribution in [0, 0.1) is 5.92 Å². The number of aliphatic hydroxyl groups is 1. The van der Waals surface area contributed by atoms with Crippen molar-refractivity contribution in [2.75, 3.05) is 6.54 Å². The molecule has 0 spiro atoms. The summed E-state index contributed by atoms with van der Waals surface area (Å²) >= 11 is 9.69. The molecule has 2 amide bonds. The Hall–Kier alpha value is -2.35. The van der Waals surface area contributed by atoms with E-state index in [9.17, 15) is 14.7 Å². The van der Waals surface area contributed by atoms with Gasteiger partial charge in [-0.3, -0.25) is 9.59 Å². The van der Waals surface area contributed by atoms with E-state index in [2.05, 4.69) is 31.5 Å². The number of carbonyl (C=O) groups excluding carboxylic acids is 2. The van der Waals surface area contributed by atoms with Crippen LogP contribution in [-0.2, 0) is 4.79 Å². The Morgan fingerprint density at radius 2 is 1.87 bits per heavy atom. The molecule has 0 saturated heterocycles. The van der Waals surface area contributed by atoms with Gasteiger partial charge in [0.25, 0.3) is 11.8 Å². The Morgan fingerprint density at radius 3 is 2.48 bits per heavy atom. The van der Waals surface area contributed by atoms with Crippen LogP contribution in [0.5, 0.6) is 0 Å². The van der Waals surface area contributed by atoms with Crippen LogP contribution < -0.4 is 10.6 Å². The van der Waals surface area contributed by atoms with Crippen molar-refractivity contribution < 1.29 is 14.7 Å². The molecule has 2 atom stereocenters. The van der Waals surface area contributed by atoms with Crippen molar-refractivity contribution in [3.63, 3.8) is 0 Å². The van der Waals surface area contributed by atoms with E-state index in [0.717, 1.165) is 15.4 Å². The molecule has 6 nitrogen and oxygen atoms in total. The standard InChI is InChI=1S/C23H25BrClN3O3/c1-13(2)23(3,31)22(30)28-19(14-7-5-4-6-8-14)12-26-21(29)18-11-15-16(24)9-10-17(25)20(15)27-18/h4-11,13,19,27,31H,12H2,1-3H3,(H,26,29)(H,28,30). The molecule has 3 aromatic rings. The van der Waals surface area contributed by atoms with E-state index < -0.39 is 17.6 Å². The van der Waals surface area contributed by atoms with E-state index in [1.165, 1.54) is 6.92 Å². The fraction of sp³-hybridized carbons (Fsp3) is 0.304. The summed E-state index contributed by atoms with van der Waals surface area (Å²) in [4.78, 5) is 28.5. The summed E-state index contributed by atoms with van der Waals surface area (Å²) in [6.07, 6.45) is 0. The maximum Gasteiger partial charge on any atom is 0.267 e. The highest BCUT2D eigenvalue weighted by atomic mass is 79.9. The molecule has 3 rings (SSSR count). The quantitative estimate of drug-likeness (QED) is 0.378. The maximum atomic E-state index is 12.8. The second-order valence-electron chi connectivity index (χ2n) is 7.95. The van der Waals surface area contributed by atoms with Crippen LogP contribution in [0.15, 0.2) is 53.0 Å². The second kappa shape index (κ2) is 9.42. The smallest absolute Gasteiger partial charge is 0.267 e. The highest BCUT2D eigenvalue weighted by Gasteiger charge is 2.35. The Kier molecular flexibility index (Phi) is 7.09. The highest BCUT2D eigenvalue weighted by molar-refractivity contribution is 9.10. The molecule has 2 aromatic carbocycles. The van der Waals surface area contributed by atoms with Crippen LogP contribution in [0.1, 0.15) is 42.9 Å². The summed E-state index contributed by atoms with van der Waals surface area (Å²) in [5.41, 5.74) is 0.313. The number of amides is 2. The van der Waals surface area contributed by atoms with Gasteiger partial charge in [-0.1, -0.05) is 71.7 Å². The average molecular weight is 507 g/mol. The zero-order valence-electron chi connectivity index (χ0n) is 17.5. The number of carbonyl (C=O) groups is 2. The average Bonchev–Trinajstić information content (AvgIpc) is 3.21. The van der Waals surface area contributed by atoms with E-state index in [0.29, 0.717) is 16.2 Å². The first-order valence-corrected chi connectivity index (χ1v) is 11.1. The first-order valence-electron chi connectivity index (χ1n) is 9.94. The third-order valence-electron chi connectivity index (χ3n) is 5.49. The van der Waals surface area contributed by atoms with Crippen molar-refractivity contribution in [1.82, 2.24) is 15.6 Å². The zero-order valence-corrected chi connectivity index (χ0v) is 19.8. The van der Waals surface area contributed by atoms with Crippen molar-refractivity contribution in [2.24, 2.45) is 5.92 Å². The number of rotatable bonds is 7. The highest BCUT2D eigenvalue weighted by Crippen LogP contribution is 2.30. The molecule has 0 fully saturated rings. The van der Waals surface area contributed by atoms with Crippen molar-refractivity contribution >= 4 is 50.2 Å². The van der Waals surface area contributed by atoms with E-state index in [1.807, 2.05) is 36.4 Å². The Labute approximate surface area is 194 Å². The van der Waals surface area contributed by atoms with Crippen LogP contribution in [0.2, 0.25) is 5.02 Å². The minimum Gasteiger partial charge on any atom is -0.380 e. The fourth-order valence-corrected chi connectivity index (χ4v) is 3.72. The van der Waals surface area contributed by atoms with Gasteiger partial charge in [-0.15, -0.1) is 0 Å². The lowest BCUT2D eigenvalue weighted by Crippen LogP contribution is -2.50. The summed E-state index contributed by atoms with van der Waals surface area (Å²) in [6.45, 7) is 5.18. The number of halogens is 2. The van der Waals surface area contributed by atoms with Gasteiger partial charge in [0.1, 0.15) is 11.3 Å². The number of benzene rings is 2. The number of nitrogens with one attached hydrogen (secondary N) is 3. The molecule has 4 N–H and O–H groups in total. The first kappa shape index (κ1) is 23.3. The van der Waals surface area contributed by atoms with Gasteiger partial charge in [0.15, 0.2) is 0 Å². The molecule has 164 valence electrons. The van der Waals surface area contributed by atoms with E-state index in [1.54, 1.807) is 26.0 Å². The number of H-pyrrole nitrogens is 1. The molecule has 0 bridgehead atoms. The van der Waals surface area contributed by atoms with E-state index >= 15 is 0 Å². The normalized spacial score (nSPS) is 14.3. The second-order valence-corrected chi connectivity index (χ2v) is 9.21. The predicted octanol–water partition coefficient (Wildman–Crippen LogP) is 4.58. The molecule has 0 radical (unpaired) electrons. The molecule has 0 aliphatic carbocycles. The van der Waals surface area contributed by atoms with E-state index in [4.69, 9.17) is 11.6 Å². The van der Waals surface area contributed by atoms with Gasteiger partial charge in [-0.05, 0) is 36.6 Å². The van der Waals surface area contributed by atoms with Crippen molar-refractivity contribution in [3.05, 3.63) is 69.3 Å². The minimum absolute atomic E-state index is 0.146. The summed E-state index contributed by atoms with van der Waals surface area (Å²) in [5.74, 6) is -1.09. The number of hydrogen-bond donors (Lipinski definition) is 4. The van der Waals surface area contributed by atoms with Crippen LogP contribution in [0.25, 0.3) is 10.9 Å². The Bertz CT molecular complexity index is 1060. The lowest BCUT2D eigenvalue weighted by atomic mass is 9.91. The van der Waals surface area contributed by atoms with Gasteiger partial charge >= 0.3 is 0 Å². The lowest BCUT2D eigenvalue weighted by molar-refractivity contribution is -0.143. The largest absolute Gasteiger partial charge is 0.380 e. The SMILES string of the molecule is CC(C)C(C)(O)C(=O)NC(CNC(=O)c1cc2c(Br)ccc(Cl)c2[nH]1)c1ccccc1. The summed E-state index contributed by atoms with van der Waals surface area (Å²) < 4.78 is 0.826. The number of hydrogen-bond acceptors (Lipinski definition) is 3. The molecule has 2 unspecified atom stereocenters. The monoisotopic (exact) mass is 505 g/mol. The lowest BCUT2D eigenvalue weighted by Gasteiger charge is -2.29. The zero-order chi connectivity index (χ0) is 22.8. The van der Waals surface area contributed by atoms with Crippen LogP contribution in [0.4, 0.5) is 0 Å². The number of fused-ring (bicyclic) bond motifs is 1. The molecule has 1 aromatic heterocycles. The number of aromatic amines is 1. The molecule has 31 heavy (non-hydrogen) atoms. The molecular formula is C23H25BrClN3O3. The Morgan fingerprint density at radius 1 is 1.19 bits per heavy atom. The van der Waals surface area contributed by atoms with Gasteiger partial charge < -0.3 is 20.7 Å². The van der Waals surface area contributed by atoms with Gasteiger partial charge in [0, 0.05) is 16.4 Å². The third kappa shape index (κ3) is 5.11. The van der Waals surface area contributed by atoms with Crippen molar-refractivity contribution in [3.8, 4) is 0 Å². The maximum absolute atomic E-state index is 12.8. The summed E-state index contributed by atoms with van der Waals surface area (Å²) in [7, 11) is 0. The Balaban J connectivity index is 1.79. The molecule has 0 saturated carbocycles. The molecule has 1 heterocycles. The molecular weight excluding hydrogens is 482 g/mol. The number of aromatic nitrogens is 1. The van der Waals surface area contributed by atoms with Crippen LogP contribution in [-0.4, -0.2) is 34.1 Å². The van der Waals surface area contributed by atoms with Gasteiger partial charge in [-0.25, -0.2) is 0 Å². The molecule has 0 aliphatic rings. The van der Waals surface area contributed by atoms with Gasteiger partial charge in [-0.2, -0.15) is 0 Å². The van der Waals surface area contributed by atoms with Crippen LogP contribution in [0.3, 0.4) is 0 Å². The van der Waals surface area contributed by atoms with Crippen molar-refractivity contribution in [2.45, 2.75) is 32.4 Å². The summed E-state index contributed by atoms with van der Waals surface area (Å²) in [5, 5.41) is 17.6. The topological polar surface area (TPSA) is 94.2 Å². The minimum atomic E-state index is -1.53. The van der Waals surface area contributed by atoms with Crippen molar-refractivity contribution in [1.29, 1.82) is 0 Å². The summed E-state index contributed by atoms with van der Waals surface area (Å²) in [6, 6.07) is 14.1. The fourth-order valence-electron chi connectivity index (χ4n) is 3.07. The molecule has 8 heteroatoms. The van der Waals surface area contributed by atoms with Crippen LogP contribution >= 0.6 is 27.5 Å². The third-order valence-corrected chi connectivity index (χ3v) is 6.50. The predicted molar refractivity (Wildman–Crippen MR) is 126 cm³/mol. The first-order chi connectivity index (χ1) is 14.6. The van der Waals surface area contributed by atoms with E-state index in [-0.39, 0.29) is 18.4 Å². The molecule has 0 aliphatic heterocycles.